The monoisotopic (exact) mass is 911 g/mol. The SMILES string of the molecule is CCCCCCCCCCCCCCCCCCC(Oc1ccccc1OCCOCCOc1ccccc1OC(CCCCCCCCCCCCCCCCCC)C(=O)O)C(=O)O. The number of unbranched alkanes of at least 4 members (excludes halogenated alkanes) is 30. The van der Waals surface area contributed by atoms with E-state index in [1.807, 2.05) is 24.3 Å². The molecule has 0 saturated carbocycles. The van der Waals surface area contributed by atoms with Crippen molar-refractivity contribution in [1.82, 2.24) is 0 Å². The summed E-state index contributed by atoms with van der Waals surface area (Å²) in [5, 5.41) is 19.8. The van der Waals surface area contributed by atoms with E-state index >= 15 is 0 Å². The Balaban J connectivity index is 1.56. The van der Waals surface area contributed by atoms with Gasteiger partial charge in [0.05, 0.1) is 13.2 Å². The summed E-state index contributed by atoms with van der Waals surface area (Å²) < 4.78 is 29.6. The van der Waals surface area contributed by atoms with Crippen molar-refractivity contribution in [3.63, 3.8) is 0 Å². The predicted octanol–water partition coefficient (Wildman–Crippen LogP) is 16.1. The van der Waals surface area contributed by atoms with Gasteiger partial charge in [-0.15, -0.1) is 0 Å². The molecule has 0 aliphatic heterocycles. The van der Waals surface area contributed by atoms with Crippen molar-refractivity contribution in [1.29, 1.82) is 0 Å². The molecule has 2 rings (SSSR count). The van der Waals surface area contributed by atoms with Crippen molar-refractivity contribution >= 4 is 11.9 Å². The molecule has 0 saturated heterocycles. The standard InChI is InChI=1S/C56H94O9/c1-3-5-7-9-11-13-15-17-19-21-23-25-27-29-31-33-43-53(55(57)58)64-51-41-37-35-39-49(51)62-47-45-61-46-48-63-50-40-36-38-42-52(50)65-54(56(59)60)44-34-32-30-28-26-24-22-20-18-16-14-12-10-8-6-4-2/h35-42,53-54H,3-34,43-48H2,1-2H3,(H,57,58)(H,59,60). The third kappa shape index (κ3) is 32.0. The summed E-state index contributed by atoms with van der Waals surface area (Å²) in [5.74, 6) is -0.167. The van der Waals surface area contributed by atoms with Crippen molar-refractivity contribution < 1.29 is 43.5 Å². The normalized spacial score (nSPS) is 12.2. The van der Waals surface area contributed by atoms with Crippen LogP contribution in [0.15, 0.2) is 48.5 Å². The van der Waals surface area contributed by atoms with Crippen molar-refractivity contribution in [2.24, 2.45) is 0 Å². The molecular formula is C56H94O9. The molecule has 2 unspecified atom stereocenters. The van der Waals surface area contributed by atoms with Crippen LogP contribution >= 0.6 is 0 Å². The predicted molar refractivity (Wildman–Crippen MR) is 267 cm³/mol. The molecule has 372 valence electrons. The first-order valence-corrected chi connectivity index (χ1v) is 26.8. The summed E-state index contributed by atoms with van der Waals surface area (Å²) in [5.41, 5.74) is 0. The first-order valence-electron chi connectivity index (χ1n) is 26.8. The van der Waals surface area contributed by atoms with Crippen molar-refractivity contribution in [2.75, 3.05) is 26.4 Å². The minimum absolute atomic E-state index is 0.247. The highest BCUT2D eigenvalue weighted by Crippen LogP contribution is 2.30. The summed E-state index contributed by atoms with van der Waals surface area (Å²) in [7, 11) is 0. The topological polar surface area (TPSA) is 121 Å². The third-order valence-corrected chi connectivity index (χ3v) is 12.4. The second-order valence-corrected chi connectivity index (χ2v) is 18.3. The van der Waals surface area contributed by atoms with E-state index in [-0.39, 0.29) is 26.4 Å². The van der Waals surface area contributed by atoms with Gasteiger partial charge >= 0.3 is 11.9 Å². The summed E-state index contributed by atoms with van der Waals surface area (Å²) >= 11 is 0. The maximum absolute atomic E-state index is 12.1. The first kappa shape index (κ1) is 57.7. The van der Waals surface area contributed by atoms with E-state index in [0.717, 1.165) is 38.5 Å². The number of para-hydroxylation sites is 4. The zero-order valence-corrected chi connectivity index (χ0v) is 41.4. The maximum Gasteiger partial charge on any atom is 0.344 e. The lowest BCUT2D eigenvalue weighted by atomic mass is 10.0. The number of hydrogen-bond donors (Lipinski definition) is 2. The largest absolute Gasteiger partial charge is 0.487 e. The Hall–Kier alpha value is -3.46. The maximum atomic E-state index is 12.1. The molecule has 0 amide bonds. The number of carboxylic acids is 2. The van der Waals surface area contributed by atoms with Gasteiger partial charge in [0.2, 0.25) is 0 Å². The molecule has 2 aromatic rings. The lowest BCUT2D eigenvalue weighted by Crippen LogP contribution is -2.27. The average Bonchev–Trinajstić information content (AvgIpc) is 3.30. The lowest BCUT2D eigenvalue weighted by Gasteiger charge is -2.18. The fraction of sp³-hybridized carbons (Fsp3) is 0.750. The van der Waals surface area contributed by atoms with Gasteiger partial charge in [-0.05, 0) is 49.9 Å². The number of ether oxygens (including phenoxy) is 5. The molecule has 0 fully saturated rings. The number of benzene rings is 2. The molecule has 0 aromatic heterocycles. The Kier molecular flexibility index (Phi) is 37.2. The highest BCUT2D eigenvalue weighted by molar-refractivity contribution is 5.73. The highest BCUT2D eigenvalue weighted by Gasteiger charge is 2.22. The molecule has 9 heteroatoms. The minimum atomic E-state index is -0.968. The zero-order valence-electron chi connectivity index (χ0n) is 41.4. The summed E-state index contributed by atoms with van der Waals surface area (Å²) in [6.07, 6.45) is 39.9. The van der Waals surface area contributed by atoms with Gasteiger partial charge in [-0.25, -0.2) is 9.59 Å². The quantitative estimate of drug-likeness (QED) is 0.0625. The smallest absolute Gasteiger partial charge is 0.344 e. The molecule has 2 aromatic carbocycles. The van der Waals surface area contributed by atoms with Crippen LogP contribution in [-0.2, 0) is 14.3 Å². The molecule has 0 aliphatic carbocycles. The molecule has 0 heterocycles. The Labute approximate surface area is 396 Å². The lowest BCUT2D eigenvalue weighted by molar-refractivity contribution is -0.146. The van der Waals surface area contributed by atoms with Gasteiger partial charge in [-0.3, -0.25) is 0 Å². The number of rotatable bonds is 48. The van der Waals surface area contributed by atoms with Crippen LogP contribution in [0.2, 0.25) is 0 Å². The van der Waals surface area contributed by atoms with Gasteiger partial charge in [0, 0.05) is 0 Å². The van der Waals surface area contributed by atoms with Gasteiger partial charge in [0.1, 0.15) is 13.2 Å². The molecule has 0 aliphatic rings. The van der Waals surface area contributed by atoms with E-state index in [1.54, 1.807) is 24.3 Å². The first-order chi connectivity index (χ1) is 32.0. The van der Waals surface area contributed by atoms with Crippen LogP contribution in [0, 0.1) is 0 Å². The van der Waals surface area contributed by atoms with E-state index in [4.69, 9.17) is 23.7 Å². The Morgan fingerprint density at radius 2 is 0.615 bits per heavy atom. The van der Waals surface area contributed by atoms with Crippen LogP contribution in [0.1, 0.15) is 232 Å². The molecular weight excluding hydrogens is 817 g/mol. The van der Waals surface area contributed by atoms with E-state index in [2.05, 4.69) is 13.8 Å². The minimum Gasteiger partial charge on any atom is -0.487 e. The highest BCUT2D eigenvalue weighted by atomic mass is 16.6. The van der Waals surface area contributed by atoms with Crippen LogP contribution in [0.5, 0.6) is 23.0 Å². The van der Waals surface area contributed by atoms with Crippen molar-refractivity contribution in [2.45, 2.75) is 244 Å². The van der Waals surface area contributed by atoms with Gasteiger partial charge in [0.15, 0.2) is 35.2 Å². The Morgan fingerprint density at radius 1 is 0.369 bits per heavy atom. The number of aliphatic carboxylic acids is 2. The van der Waals surface area contributed by atoms with Gasteiger partial charge < -0.3 is 33.9 Å². The molecule has 9 nitrogen and oxygen atoms in total. The summed E-state index contributed by atoms with van der Waals surface area (Å²) in [4.78, 5) is 24.2. The summed E-state index contributed by atoms with van der Waals surface area (Å²) in [6, 6.07) is 14.3. The van der Waals surface area contributed by atoms with Crippen LogP contribution in [0.4, 0.5) is 0 Å². The number of carboxylic acid groups (broad SMARTS) is 2. The fourth-order valence-corrected chi connectivity index (χ4v) is 8.38. The van der Waals surface area contributed by atoms with Crippen molar-refractivity contribution in [3.8, 4) is 23.0 Å². The third-order valence-electron chi connectivity index (χ3n) is 12.4. The van der Waals surface area contributed by atoms with E-state index in [0.29, 0.717) is 35.8 Å². The molecule has 0 radical (unpaired) electrons. The average molecular weight is 911 g/mol. The molecule has 2 atom stereocenters. The van der Waals surface area contributed by atoms with Gasteiger partial charge in [-0.2, -0.15) is 0 Å². The van der Waals surface area contributed by atoms with E-state index < -0.39 is 24.1 Å². The second-order valence-electron chi connectivity index (χ2n) is 18.3. The Bertz CT molecular complexity index is 1300. The van der Waals surface area contributed by atoms with Crippen molar-refractivity contribution in [3.05, 3.63) is 48.5 Å². The zero-order chi connectivity index (χ0) is 46.7. The molecule has 2 N–H and O–H groups in total. The Morgan fingerprint density at radius 3 is 0.877 bits per heavy atom. The van der Waals surface area contributed by atoms with Crippen LogP contribution in [0.25, 0.3) is 0 Å². The number of hydrogen-bond acceptors (Lipinski definition) is 7. The van der Waals surface area contributed by atoms with Crippen LogP contribution in [0.3, 0.4) is 0 Å². The van der Waals surface area contributed by atoms with Gasteiger partial charge in [-0.1, -0.05) is 231 Å². The fourth-order valence-electron chi connectivity index (χ4n) is 8.38. The van der Waals surface area contributed by atoms with E-state index in [9.17, 15) is 19.8 Å². The molecule has 0 spiro atoms. The number of carbonyl (C=O) groups is 2. The van der Waals surface area contributed by atoms with Crippen LogP contribution < -0.4 is 18.9 Å². The second kappa shape index (κ2) is 41.9. The molecule has 65 heavy (non-hydrogen) atoms. The summed E-state index contributed by atoms with van der Waals surface area (Å²) in [6.45, 7) is 5.61. The van der Waals surface area contributed by atoms with E-state index in [1.165, 1.54) is 167 Å². The van der Waals surface area contributed by atoms with Crippen LogP contribution in [-0.4, -0.2) is 60.8 Å². The van der Waals surface area contributed by atoms with Gasteiger partial charge in [0.25, 0.3) is 0 Å². The molecule has 0 bridgehead atoms.